The Balaban J connectivity index is 1.80. The largest absolute Gasteiger partial charge is 0.469 e. The monoisotopic (exact) mass is 347 g/mol. The van der Waals surface area contributed by atoms with Crippen LogP contribution < -0.4 is 10.6 Å². The molecule has 138 valence electrons. The van der Waals surface area contributed by atoms with Crippen molar-refractivity contribution in [2.45, 2.75) is 45.1 Å². The molecule has 1 aromatic heterocycles. The number of nitrogens with zero attached hydrogens (tertiary/aromatic N) is 1. The van der Waals surface area contributed by atoms with Crippen LogP contribution in [0.15, 0.2) is 40.5 Å². The summed E-state index contributed by atoms with van der Waals surface area (Å²) in [4.78, 5) is 16.4. The van der Waals surface area contributed by atoms with Gasteiger partial charge in [0, 0.05) is 25.6 Å². The van der Waals surface area contributed by atoms with E-state index in [2.05, 4.69) is 22.2 Å². The number of furan rings is 1. The van der Waals surface area contributed by atoms with Crippen molar-refractivity contribution < 1.29 is 13.9 Å². The Morgan fingerprint density at radius 1 is 1.44 bits per heavy atom. The Bertz CT molecular complexity index is 546. The van der Waals surface area contributed by atoms with E-state index in [0.717, 1.165) is 43.8 Å². The molecule has 0 saturated heterocycles. The maximum atomic E-state index is 11.8. The SMILES string of the molecule is C=CCNC(=NCCc1ccco1)NC1CCC(C(=O)OCC)CC1. The minimum atomic E-state index is -0.0573. The molecule has 0 unspecified atom stereocenters. The zero-order valence-corrected chi connectivity index (χ0v) is 15.0. The van der Waals surface area contributed by atoms with Crippen LogP contribution in [0.2, 0.25) is 0 Å². The molecule has 1 aliphatic carbocycles. The Hall–Kier alpha value is -2.24. The fraction of sp³-hybridized carbons (Fsp3) is 0.579. The Kier molecular flexibility index (Phi) is 8.09. The normalized spacial score (nSPS) is 20.8. The van der Waals surface area contributed by atoms with Gasteiger partial charge in [0.05, 0.1) is 18.8 Å². The van der Waals surface area contributed by atoms with Crippen LogP contribution >= 0.6 is 0 Å². The van der Waals surface area contributed by atoms with Gasteiger partial charge in [-0.05, 0) is 44.7 Å². The first-order valence-electron chi connectivity index (χ1n) is 9.07. The highest BCUT2D eigenvalue weighted by atomic mass is 16.5. The van der Waals surface area contributed by atoms with Gasteiger partial charge in [0.1, 0.15) is 5.76 Å². The Morgan fingerprint density at radius 2 is 2.24 bits per heavy atom. The van der Waals surface area contributed by atoms with E-state index in [4.69, 9.17) is 9.15 Å². The number of aliphatic imine (C=N–C) groups is 1. The van der Waals surface area contributed by atoms with E-state index in [1.165, 1.54) is 0 Å². The molecule has 25 heavy (non-hydrogen) atoms. The van der Waals surface area contributed by atoms with Gasteiger partial charge >= 0.3 is 5.97 Å². The highest BCUT2D eigenvalue weighted by molar-refractivity contribution is 5.80. The maximum Gasteiger partial charge on any atom is 0.308 e. The van der Waals surface area contributed by atoms with Gasteiger partial charge in [-0.1, -0.05) is 6.08 Å². The highest BCUT2D eigenvalue weighted by Gasteiger charge is 2.27. The van der Waals surface area contributed by atoms with Crippen LogP contribution in [0.25, 0.3) is 0 Å². The van der Waals surface area contributed by atoms with Crippen molar-refractivity contribution in [3.8, 4) is 0 Å². The lowest BCUT2D eigenvalue weighted by Gasteiger charge is -2.29. The number of carbonyl (C=O) groups excluding carboxylic acids is 1. The van der Waals surface area contributed by atoms with E-state index in [1.807, 2.05) is 19.1 Å². The average molecular weight is 347 g/mol. The molecule has 2 rings (SSSR count). The molecule has 0 aromatic carbocycles. The van der Waals surface area contributed by atoms with Crippen molar-refractivity contribution in [3.05, 3.63) is 36.8 Å². The Morgan fingerprint density at radius 3 is 2.88 bits per heavy atom. The summed E-state index contributed by atoms with van der Waals surface area (Å²) in [6, 6.07) is 4.16. The number of ether oxygens (including phenoxy) is 1. The zero-order chi connectivity index (χ0) is 17.9. The summed E-state index contributed by atoms with van der Waals surface area (Å²) in [5.41, 5.74) is 0. The van der Waals surface area contributed by atoms with Crippen LogP contribution in [0.3, 0.4) is 0 Å². The minimum Gasteiger partial charge on any atom is -0.469 e. The van der Waals surface area contributed by atoms with E-state index >= 15 is 0 Å². The van der Waals surface area contributed by atoms with Gasteiger partial charge in [0.2, 0.25) is 0 Å². The second kappa shape index (κ2) is 10.6. The summed E-state index contributed by atoms with van der Waals surface area (Å²) in [6.45, 7) is 7.35. The molecule has 0 aliphatic heterocycles. The number of rotatable bonds is 8. The molecule has 0 amide bonds. The fourth-order valence-corrected chi connectivity index (χ4v) is 2.98. The van der Waals surface area contributed by atoms with Crippen LogP contribution in [0.5, 0.6) is 0 Å². The van der Waals surface area contributed by atoms with E-state index in [1.54, 1.807) is 12.3 Å². The third-order valence-corrected chi connectivity index (χ3v) is 4.31. The first kappa shape index (κ1) is 19.1. The van der Waals surface area contributed by atoms with Crippen molar-refractivity contribution in [1.82, 2.24) is 10.6 Å². The predicted octanol–water partition coefficient (Wildman–Crippen LogP) is 2.67. The fourth-order valence-electron chi connectivity index (χ4n) is 2.98. The van der Waals surface area contributed by atoms with Gasteiger partial charge in [0.25, 0.3) is 0 Å². The first-order valence-corrected chi connectivity index (χ1v) is 9.07. The summed E-state index contributed by atoms with van der Waals surface area (Å²) < 4.78 is 10.5. The standard InChI is InChI=1S/C19H29N3O3/c1-3-12-20-19(21-13-11-17-6-5-14-25-17)22-16-9-7-15(8-10-16)18(23)24-4-2/h3,5-6,14-16H,1,4,7-13H2,2H3,(H2,20,21,22). The van der Waals surface area contributed by atoms with Crippen molar-refractivity contribution in [2.75, 3.05) is 19.7 Å². The predicted molar refractivity (Wildman–Crippen MR) is 98.4 cm³/mol. The molecule has 1 aromatic rings. The van der Waals surface area contributed by atoms with Crippen molar-refractivity contribution in [1.29, 1.82) is 0 Å². The number of hydrogen-bond donors (Lipinski definition) is 2. The smallest absolute Gasteiger partial charge is 0.308 e. The topological polar surface area (TPSA) is 75.9 Å². The lowest BCUT2D eigenvalue weighted by Crippen LogP contribution is -2.45. The molecule has 2 N–H and O–H groups in total. The van der Waals surface area contributed by atoms with E-state index in [0.29, 0.717) is 25.7 Å². The lowest BCUT2D eigenvalue weighted by molar-refractivity contribution is -0.149. The molecular weight excluding hydrogens is 318 g/mol. The van der Waals surface area contributed by atoms with Crippen LogP contribution in [0.4, 0.5) is 0 Å². The van der Waals surface area contributed by atoms with E-state index < -0.39 is 0 Å². The second-order valence-corrected chi connectivity index (χ2v) is 6.17. The maximum absolute atomic E-state index is 11.8. The van der Waals surface area contributed by atoms with Crippen molar-refractivity contribution in [3.63, 3.8) is 0 Å². The molecule has 6 heteroatoms. The highest BCUT2D eigenvalue weighted by Crippen LogP contribution is 2.25. The summed E-state index contributed by atoms with van der Waals surface area (Å²) in [7, 11) is 0. The molecular formula is C19H29N3O3. The molecule has 0 spiro atoms. The van der Waals surface area contributed by atoms with Crippen molar-refractivity contribution >= 4 is 11.9 Å². The quantitative estimate of drug-likeness (QED) is 0.327. The summed E-state index contributed by atoms with van der Waals surface area (Å²) in [5, 5.41) is 6.72. The molecule has 1 aliphatic rings. The van der Waals surface area contributed by atoms with Gasteiger partial charge in [0.15, 0.2) is 5.96 Å². The van der Waals surface area contributed by atoms with Crippen LogP contribution in [-0.4, -0.2) is 37.7 Å². The molecule has 1 heterocycles. The molecule has 1 fully saturated rings. The molecule has 6 nitrogen and oxygen atoms in total. The Labute approximate surface area is 149 Å². The third-order valence-electron chi connectivity index (χ3n) is 4.31. The first-order chi connectivity index (χ1) is 12.2. The van der Waals surface area contributed by atoms with Gasteiger partial charge < -0.3 is 19.8 Å². The summed E-state index contributed by atoms with van der Waals surface area (Å²) in [5.74, 6) is 1.70. The number of hydrogen-bond acceptors (Lipinski definition) is 4. The van der Waals surface area contributed by atoms with Crippen LogP contribution in [0.1, 0.15) is 38.4 Å². The van der Waals surface area contributed by atoms with Crippen LogP contribution in [0, 0.1) is 5.92 Å². The van der Waals surface area contributed by atoms with Gasteiger partial charge in [-0.25, -0.2) is 0 Å². The van der Waals surface area contributed by atoms with E-state index in [9.17, 15) is 4.79 Å². The summed E-state index contributed by atoms with van der Waals surface area (Å²) in [6.07, 6.45) is 7.85. The average Bonchev–Trinajstić information content (AvgIpc) is 3.13. The molecule has 1 saturated carbocycles. The molecule has 0 bridgehead atoms. The number of carbonyl (C=O) groups is 1. The molecule has 0 radical (unpaired) electrons. The third kappa shape index (κ3) is 6.64. The van der Waals surface area contributed by atoms with E-state index in [-0.39, 0.29) is 11.9 Å². The zero-order valence-electron chi connectivity index (χ0n) is 15.0. The van der Waals surface area contributed by atoms with Gasteiger partial charge in [-0.3, -0.25) is 9.79 Å². The second-order valence-electron chi connectivity index (χ2n) is 6.17. The number of esters is 1. The van der Waals surface area contributed by atoms with Crippen LogP contribution in [-0.2, 0) is 16.0 Å². The number of nitrogens with one attached hydrogen (secondary N) is 2. The van der Waals surface area contributed by atoms with Gasteiger partial charge in [-0.15, -0.1) is 6.58 Å². The number of guanidine groups is 1. The lowest BCUT2D eigenvalue weighted by atomic mass is 9.86. The van der Waals surface area contributed by atoms with Gasteiger partial charge in [-0.2, -0.15) is 0 Å². The van der Waals surface area contributed by atoms with Crippen molar-refractivity contribution in [2.24, 2.45) is 10.9 Å². The molecule has 0 atom stereocenters. The summed E-state index contributed by atoms with van der Waals surface area (Å²) >= 11 is 0. The minimum absolute atomic E-state index is 0.0403.